The Morgan fingerprint density at radius 2 is 2.00 bits per heavy atom. The van der Waals surface area contributed by atoms with Crippen LogP contribution in [0.25, 0.3) is 0 Å². The second kappa shape index (κ2) is 8.28. The summed E-state index contributed by atoms with van der Waals surface area (Å²) in [5.41, 5.74) is 0. The van der Waals surface area contributed by atoms with Crippen molar-refractivity contribution < 1.29 is 4.43 Å². The highest BCUT2D eigenvalue weighted by molar-refractivity contribution is 5.97. The first-order chi connectivity index (χ1) is 5.31. The Balaban J connectivity index is 2.97. The van der Waals surface area contributed by atoms with Gasteiger partial charge in [-0.05, 0) is 12.3 Å². The van der Waals surface area contributed by atoms with Crippen LogP contribution in [-0.2, 0) is 4.43 Å². The fraction of sp³-hybridized carbons (Fsp3) is 1.00. The maximum Gasteiger partial charge on any atom is 0.145 e. The minimum atomic E-state index is 0.904. The van der Waals surface area contributed by atoms with Crippen LogP contribution >= 0.6 is 0 Å². The van der Waals surface area contributed by atoms with E-state index in [1.807, 2.05) is 0 Å². The third kappa shape index (κ3) is 8.08. The number of unbranched alkanes of at least 4 members (excludes halogenated alkanes) is 1. The molecule has 0 radical (unpaired) electrons. The first-order valence-corrected chi connectivity index (χ1v) is 5.61. The molecule has 68 valence electrons. The highest BCUT2D eigenvalue weighted by Gasteiger charge is 1.98. The Morgan fingerprint density at radius 3 is 2.55 bits per heavy atom. The topological polar surface area (TPSA) is 9.23 Å². The molecule has 1 atom stereocenters. The average Bonchev–Trinajstić information content (AvgIpc) is 1.99. The van der Waals surface area contributed by atoms with Gasteiger partial charge in [0.1, 0.15) is 10.5 Å². The van der Waals surface area contributed by atoms with Crippen LogP contribution in [0.3, 0.4) is 0 Å². The maximum atomic E-state index is 5.12. The van der Waals surface area contributed by atoms with Crippen molar-refractivity contribution >= 4 is 10.5 Å². The molecule has 0 aliphatic rings. The van der Waals surface area contributed by atoms with Crippen molar-refractivity contribution in [3.8, 4) is 0 Å². The average molecular weight is 174 g/mol. The molecule has 11 heavy (non-hydrogen) atoms. The molecule has 0 amide bonds. The summed E-state index contributed by atoms with van der Waals surface area (Å²) in [6.07, 6.45) is 6.72. The summed E-state index contributed by atoms with van der Waals surface area (Å²) in [5.74, 6) is 0.925. The van der Waals surface area contributed by atoms with Gasteiger partial charge in [-0.25, -0.2) is 0 Å². The molecule has 1 nitrogen and oxygen atoms in total. The Morgan fingerprint density at radius 1 is 1.27 bits per heavy atom. The van der Waals surface area contributed by atoms with Crippen LogP contribution in [-0.4, -0.2) is 17.1 Å². The molecule has 2 heteroatoms. The standard InChI is InChI=1S/C9H22OSi/c1-3-6-9(2)7-4-5-8-10-11/h9H,3-8H2,1-2,11H3. The lowest BCUT2D eigenvalue weighted by atomic mass is 9.99. The molecule has 0 aliphatic heterocycles. The molecule has 0 heterocycles. The summed E-state index contributed by atoms with van der Waals surface area (Å²) in [6, 6.07) is 0. The largest absolute Gasteiger partial charge is 0.428 e. The van der Waals surface area contributed by atoms with Gasteiger partial charge >= 0.3 is 0 Å². The van der Waals surface area contributed by atoms with Crippen molar-refractivity contribution in [2.45, 2.75) is 46.0 Å². The van der Waals surface area contributed by atoms with Gasteiger partial charge in [0.15, 0.2) is 0 Å². The smallest absolute Gasteiger partial charge is 0.145 e. The SMILES string of the molecule is CCCC(C)CCCCO[SiH3]. The summed E-state index contributed by atoms with van der Waals surface area (Å²) < 4.78 is 5.12. The second-order valence-corrected chi connectivity index (χ2v) is 3.96. The molecule has 0 aliphatic carbocycles. The lowest BCUT2D eigenvalue weighted by Gasteiger charge is -2.08. The second-order valence-electron chi connectivity index (χ2n) is 3.38. The molecule has 0 saturated heterocycles. The van der Waals surface area contributed by atoms with Gasteiger partial charge in [0.05, 0.1) is 0 Å². The molecule has 0 spiro atoms. The van der Waals surface area contributed by atoms with Crippen LogP contribution in [0, 0.1) is 5.92 Å². The van der Waals surface area contributed by atoms with Crippen LogP contribution < -0.4 is 0 Å². The molecular weight excluding hydrogens is 152 g/mol. The summed E-state index contributed by atoms with van der Waals surface area (Å²) in [7, 11) is 0.904. The lowest BCUT2D eigenvalue weighted by molar-refractivity contribution is 0.325. The van der Waals surface area contributed by atoms with Crippen molar-refractivity contribution in [2.24, 2.45) is 5.92 Å². The van der Waals surface area contributed by atoms with Crippen molar-refractivity contribution in [3.63, 3.8) is 0 Å². The molecule has 1 unspecified atom stereocenters. The van der Waals surface area contributed by atoms with E-state index in [1.54, 1.807) is 0 Å². The van der Waals surface area contributed by atoms with E-state index in [0.717, 1.165) is 23.0 Å². The predicted molar refractivity (Wildman–Crippen MR) is 53.8 cm³/mol. The van der Waals surface area contributed by atoms with E-state index < -0.39 is 0 Å². The minimum Gasteiger partial charge on any atom is -0.428 e. The van der Waals surface area contributed by atoms with E-state index in [2.05, 4.69) is 13.8 Å². The zero-order valence-corrected chi connectivity index (χ0v) is 10.2. The van der Waals surface area contributed by atoms with Crippen LogP contribution in [0.15, 0.2) is 0 Å². The normalized spacial score (nSPS) is 13.6. The van der Waals surface area contributed by atoms with Crippen LogP contribution in [0.4, 0.5) is 0 Å². The maximum absolute atomic E-state index is 5.12. The third-order valence-corrected chi connectivity index (χ3v) is 2.49. The molecular formula is C9H22OSi. The van der Waals surface area contributed by atoms with E-state index in [0.29, 0.717) is 0 Å². The van der Waals surface area contributed by atoms with E-state index in [-0.39, 0.29) is 0 Å². The highest BCUT2D eigenvalue weighted by Crippen LogP contribution is 2.13. The monoisotopic (exact) mass is 174 g/mol. The molecule has 0 aromatic carbocycles. The third-order valence-electron chi connectivity index (χ3n) is 2.08. The molecule has 0 aromatic heterocycles. The number of hydrogen-bond donors (Lipinski definition) is 0. The zero-order valence-electron chi connectivity index (χ0n) is 8.23. The number of rotatable bonds is 7. The molecule has 0 aromatic rings. The van der Waals surface area contributed by atoms with Gasteiger partial charge in [-0.1, -0.05) is 39.5 Å². The van der Waals surface area contributed by atoms with Gasteiger partial charge in [-0.2, -0.15) is 0 Å². The molecule has 0 bridgehead atoms. The van der Waals surface area contributed by atoms with E-state index >= 15 is 0 Å². The minimum absolute atomic E-state index is 0.904. The molecule has 0 N–H and O–H groups in total. The quantitative estimate of drug-likeness (QED) is 0.423. The Kier molecular flexibility index (Phi) is 8.41. The Bertz CT molecular complexity index is 76.0. The first-order valence-electron chi connectivity index (χ1n) is 4.80. The van der Waals surface area contributed by atoms with Crippen molar-refractivity contribution in [3.05, 3.63) is 0 Å². The van der Waals surface area contributed by atoms with Crippen molar-refractivity contribution in [1.82, 2.24) is 0 Å². The van der Waals surface area contributed by atoms with Gasteiger partial charge in [-0.3, -0.25) is 0 Å². The summed E-state index contributed by atoms with van der Waals surface area (Å²) >= 11 is 0. The Labute approximate surface area is 74.1 Å². The van der Waals surface area contributed by atoms with E-state index in [1.165, 1.54) is 32.1 Å². The predicted octanol–water partition coefficient (Wildman–Crippen LogP) is 1.89. The summed E-state index contributed by atoms with van der Waals surface area (Å²) in [6.45, 7) is 5.60. The van der Waals surface area contributed by atoms with Gasteiger partial charge < -0.3 is 4.43 Å². The fourth-order valence-corrected chi connectivity index (χ4v) is 1.67. The van der Waals surface area contributed by atoms with Crippen LogP contribution in [0.2, 0.25) is 0 Å². The van der Waals surface area contributed by atoms with E-state index in [9.17, 15) is 0 Å². The van der Waals surface area contributed by atoms with Gasteiger partial charge in [0, 0.05) is 6.61 Å². The lowest BCUT2D eigenvalue weighted by Crippen LogP contribution is -1.96. The Hall–Kier alpha value is 0.177. The summed E-state index contributed by atoms with van der Waals surface area (Å²) in [5, 5.41) is 0. The number of hydrogen-bond acceptors (Lipinski definition) is 1. The van der Waals surface area contributed by atoms with Gasteiger partial charge in [0.25, 0.3) is 0 Å². The summed E-state index contributed by atoms with van der Waals surface area (Å²) in [4.78, 5) is 0. The van der Waals surface area contributed by atoms with Gasteiger partial charge in [0.2, 0.25) is 0 Å². The fourth-order valence-electron chi connectivity index (χ4n) is 1.38. The van der Waals surface area contributed by atoms with Crippen LogP contribution in [0.5, 0.6) is 0 Å². The van der Waals surface area contributed by atoms with Crippen molar-refractivity contribution in [2.75, 3.05) is 6.61 Å². The highest BCUT2D eigenvalue weighted by atomic mass is 28.2. The first kappa shape index (κ1) is 11.2. The van der Waals surface area contributed by atoms with Gasteiger partial charge in [-0.15, -0.1) is 0 Å². The molecule has 0 saturated carbocycles. The van der Waals surface area contributed by atoms with Crippen molar-refractivity contribution in [1.29, 1.82) is 0 Å². The van der Waals surface area contributed by atoms with E-state index in [4.69, 9.17) is 4.43 Å². The zero-order chi connectivity index (χ0) is 8.53. The molecule has 0 fully saturated rings. The molecule has 0 rings (SSSR count). The van der Waals surface area contributed by atoms with Crippen LogP contribution in [0.1, 0.15) is 46.0 Å².